The summed E-state index contributed by atoms with van der Waals surface area (Å²) in [5.74, 6) is -1.30. The van der Waals surface area contributed by atoms with E-state index in [4.69, 9.17) is 17.3 Å². The molecule has 2 aromatic rings. The van der Waals surface area contributed by atoms with Crippen molar-refractivity contribution in [3.05, 3.63) is 53.6 Å². The lowest BCUT2D eigenvalue weighted by atomic mass is 10.3. The summed E-state index contributed by atoms with van der Waals surface area (Å²) < 4.78 is 24.2. The number of hydrogen-bond donors (Lipinski definition) is 2. The number of nitrogens with one attached hydrogen (secondary N) is 1. The van der Waals surface area contributed by atoms with Crippen molar-refractivity contribution in [2.24, 2.45) is 0 Å². The van der Waals surface area contributed by atoms with Gasteiger partial charge in [0.1, 0.15) is 5.75 Å². The van der Waals surface area contributed by atoms with Crippen molar-refractivity contribution in [3.8, 4) is 0 Å². The van der Waals surface area contributed by atoms with Crippen LogP contribution in [0.5, 0.6) is 0 Å². The number of rotatable bonds is 4. The first kappa shape index (κ1) is 15.3. The fraction of sp³-hybridized carbons (Fsp3) is 0.0714. The van der Waals surface area contributed by atoms with E-state index < -0.39 is 21.5 Å². The quantitative estimate of drug-likeness (QED) is 0.845. The van der Waals surface area contributed by atoms with Gasteiger partial charge in [-0.1, -0.05) is 23.7 Å². The average Bonchev–Trinajstić information content (AvgIpc) is 2.37. The topological polar surface area (TPSA) is 89.3 Å². The van der Waals surface area contributed by atoms with Gasteiger partial charge in [0.15, 0.2) is 9.84 Å². The molecule has 0 unspecified atom stereocenters. The number of nitrogen functional groups attached to an aromatic ring is 1. The number of halogens is 1. The van der Waals surface area contributed by atoms with Gasteiger partial charge in [-0.3, -0.25) is 4.79 Å². The molecule has 0 aliphatic carbocycles. The maximum absolute atomic E-state index is 12.1. The van der Waals surface area contributed by atoms with Crippen molar-refractivity contribution in [2.45, 2.75) is 4.90 Å². The number of benzene rings is 2. The van der Waals surface area contributed by atoms with Crippen LogP contribution in [0, 0.1) is 0 Å². The first-order chi connectivity index (χ1) is 9.87. The Morgan fingerprint density at radius 3 is 2.52 bits per heavy atom. The Morgan fingerprint density at radius 1 is 1.14 bits per heavy atom. The van der Waals surface area contributed by atoms with E-state index >= 15 is 0 Å². The Kier molecular flexibility index (Phi) is 4.50. The first-order valence-corrected chi connectivity index (χ1v) is 8.03. The van der Waals surface area contributed by atoms with Crippen LogP contribution in [0.3, 0.4) is 0 Å². The second-order valence-electron chi connectivity index (χ2n) is 4.39. The Bertz CT molecular complexity index is 775. The van der Waals surface area contributed by atoms with E-state index in [-0.39, 0.29) is 4.90 Å². The summed E-state index contributed by atoms with van der Waals surface area (Å²) in [7, 11) is -3.74. The molecule has 21 heavy (non-hydrogen) atoms. The highest BCUT2D eigenvalue weighted by Crippen LogP contribution is 2.17. The largest absolute Gasteiger partial charge is 0.399 e. The van der Waals surface area contributed by atoms with Crippen LogP contribution in [0.2, 0.25) is 5.02 Å². The smallest absolute Gasteiger partial charge is 0.239 e. The van der Waals surface area contributed by atoms with Gasteiger partial charge in [-0.05, 0) is 36.4 Å². The van der Waals surface area contributed by atoms with Crippen molar-refractivity contribution in [1.29, 1.82) is 0 Å². The summed E-state index contributed by atoms with van der Waals surface area (Å²) in [6, 6.07) is 12.3. The number of carbonyl (C=O) groups excluding carboxylic acids is 1. The van der Waals surface area contributed by atoms with Gasteiger partial charge < -0.3 is 11.1 Å². The van der Waals surface area contributed by atoms with Crippen molar-refractivity contribution in [3.63, 3.8) is 0 Å². The predicted octanol–water partition coefficient (Wildman–Crippen LogP) is 2.33. The number of anilines is 2. The number of amides is 1. The zero-order valence-electron chi connectivity index (χ0n) is 10.9. The minimum atomic E-state index is -3.74. The van der Waals surface area contributed by atoms with Gasteiger partial charge in [-0.2, -0.15) is 0 Å². The molecule has 0 saturated carbocycles. The second-order valence-corrected chi connectivity index (χ2v) is 6.82. The molecule has 7 heteroatoms. The minimum Gasteiger partial charge on any atom is -0.399 e. The van der Waals surface area contributed by atoms with Gasteiger partial charge in [0, 0.05) is 16.4 Å². The lowest BCUT2D eigenvalue weighted by Gasteiger charge is -2.07. The van der Waals surface area contributed by atoms with Gasteiger partial charge in [0.05, 0.1) is 4.90 Å². The Labute approximate surface area is 127 Å². The molecule has 0 bridgehead atoms. The molecule has 0 aliphatic rings. The van der Waals surface area contributed by atoms with Gasteiger partial charge in [0.25, 0.3) is 0 Å². The van der Waals surface area contributed by atoms with E-state index in [1.807, 2.05) is 0 Å². The van der Waals surface area contributed by atoms with Crippen LogP contribution < -0.4 is 11.1 Å². The van der Waals surface area contributed by atoms with E-state index in [0.717, 1.165) is 0 Å². The zero-order valence-corrected chi connectivity index (χ0v) is 12.5. The van der Waals surface area contributed by atoms with Crippen molar-refractivity contribution >= 4 is 38.7 Å². The van der Waals surface area contributed by atoms with Crippen LogP contribution in [0.15, 0.2) is 53.4 Å². The van der Waals surface area contributed by atoms with Crippen LogP contribution >= 0.6 is 11.6 Å². The van der Waals surface area contributed by atoms with E-state index in [1.54, 1.807) is 24.3 Å². The van der Waals surface area contributed by atoms with Crippen LogP contribution in [0.25, 0.3) is 0 Å². The third-order valence-electron chi connectivity index (χ3n) is 2.65. The molecule has 0 aliphatic heterocycles. The molecule has 110 valence electrons. The van der Waals surface area contributed by atoms with Crippen molar-refractivity contribution in [2.75, 3.05) is 16.8 Å². The third kappa shape index (κ3) is 4.21. The molecular formula is C14H13ClN2O3S. The first-order valence-electron chi connectivity index (χ1n) is 6.00. The van der Waals surface area contributed by atoms with E-state index in [2.05, 4.69) is 5.32 Å². The van der Waals surface area contributed by atoms with Crippen LogP contribution in [-0.2, 0) is 14.6 Å². The lowest BCUT2D eigenvalue weighted by Crippen LogP contribution is -2.23. The molecular weight excluding hydrogens is 312 g/mol. The van der Waals surface area contributed by atoms with Crippen molar-refractivity contribution in [1.82, 2.24) is 0 Å². The van der Waals surface area contributed by atoms with Gasteiger partial charge in [-0.15, -0.1) is 0 Å². The standard InChI is InChI=1S/C14H13ClN2O3S/c15-10-3-1-5-12(7-10)17-14(18)9-21(19,20)13-6-2-4-11(16)8-13/h1-8H,9,16H2,(H,17,18). The fourth-order valence-electron chi connectivity index (χ4n) is 1.73. The molecule has 5 nitrogen and oxygen atoms in total. The maximum Gasteiger partial charge on any atom is 0.239 e. The highest BCUT2D eigenvalue weighted by Gasteiger charge is 2.19. The van der Waals surface area contributed by atoms with Gasteiger partial charge in [0.2, 0.25) is 5.91 Å². The van der Waals surface area contributed by atoms with Crippen LogP contribution in [-0.4, -0.2) is 20.1 Å². The molecule has 0 saturated heterocycles. The van der Waals surface area contributed by atoms with E-state index in [0.29, 0.717) is 16.4 Å². The Morgan fingerprint density at radius 2 is 1.86 bits per heavy atom. The maximum atomic E-state index is 12.1. The number of sulfone groups is 1. The SMILES string of the molecule is Nc1cccc(S(=O)(=O)CC(=O)Nc2cccc(Cl)c2)c1. The van der Waals surface area contributed by atoms with E-state index in [9.17, 15) is 13.2 Å². The van der Waals surface area contributed by atoms with Crippen molar-refractivity contribution < 1.29 is 13.2 Å². The fourth-order valence-corrected chi connectivity index (χ4v) is 3.10. The molecule has 2 aromatic carbocycles. The summed E-state index contributed by atoms with van der Waals surface area (Å²) in [5.41, 5.74) is 6.31. The number of nitrogens with two attached hydrogens (primary N) is 1. The Hall–Kier alpha value is -2.05. The average molecular weight is 325 g/mol. The monoisotopic (exact) mass is 324 g/mol. The van der Waals surface area contributed by atoms with Crippen LogP contribution in [0.4, 0.5) is 11.4 Å². The summed E-state index contributed by atoms with van der Waals surface area (Å²) >= 11 is 5.79. The minimum absolute atomic E-state index is 0.0174. The molecule has 0 heterocycles. The number of hydrogen-bond acceptors (Lipinski definition) is 4. The molecule has 0 spiro atoms. The highest BCUT2D eigenvalue weighted by molar-refractivity contribution is 7.92. The molecule has 0 atom stereocenters. The Balaban J connectivity index is 2.12. The second kappa shape index (κ2) is 6.15. The summed E-state index contributed by atoms with van der Waals surface area (Å²) in [5, 5.41) is 2.94. The molecule has 3 N–H and O–H groups in total. The molecule has 0 radical (unpaired) electrons. The summed E-state index contributed by atoms with van der Waals surface area (Å²) in [6.45, 7) is 0. The zero-order chi connectivity index (χ0) is 15.5. The highest BCUT2D eigenvalue weighted by atomic mass is 35.5. The normalized spacial score (nSPS) is 11.1. The molecule has 0 fully saturated rings. The molecule has 1 amide bonds. The molecule has 2 rings (SSSR count). The third-order valence-corrected chi connectivity index (χ3v) is 4.50. The summed E-state index contributed by atoms with van der Waals surface area (Å²) in [6.07, 6.45) is 0. The van der Waals surface area contributed by atoms with E-state index in [1.165, 1.54) is 24.3 Å². The number of carbonyl (C=O) groups is 1. The lowest BCUT2D eigenvalue weighted by molar-refractivity contribution is -0.113. The summed E-state index contributed by atoms with van der Waals surface area (Å²) in [4.78, 5) is 11.9. The van der Waals surface area contributed by atoms with Gasteiger partial charge in [-0.25, -0.2) is 8.42 Å². The molecule has 0 aromatic heterocycles. The van der Waals surface area contributed by atoms with Gasteiger partial charge >= 0.3 is 0 Å². The predicted molar refractivity (Wildman–Crippen MR) is 83.0 cm³/mol. The van der Waals surface area contributed by atoms with Crippen LogP contribution in [0.1, 0.15) is 0 Å².